The molecule has 0 spiro atoms. The van der Waals surface area contributed by atoms with Crippen LogP contribution < -0.4 is 24.3 Å². The summed E-state index contributed by atoms with van der Waals surface area (Å²) in [6, 6.07) is 8.34. The summed E-state index contributed by atoms with van der Waals surface area (Å²) in [6.45, 7) is 4.75. The summed E-state index contributed by atoms with van der Waals surface area (Å²) in [4.78, 5) is 12.7. The number of hydrogen-bond donors (Lipinski definition) is 1. The predicted molar refractivity (Wildman–Crippen MR) is 101 cm³/mol. The molecule has 0 fully saturated rings. The second-order valence-electron chi connectivity index (χ2n) is 5.17. The second-order valence-corrected chi connectivity index (χ2v) is 5.58. The highest BCUT2D eigenvalue weighted by molar-refractivity contribution is 6.32. The lowest BCUT2D eigenvalue weighted by Gasteiger charge is -2.15. The van der Waals surface area contributed by atoms with Crippen LogP contribution in [0, 0.1) is 0 Å². The number of halogens is 1. The van der Waals surface area contributed by atoms with Crippen molar-refractivity contribution in [3.63, 3.8) is 0 Å². The summed E-state index contributed by atoms with van der Waals surface area (Å²) in [6.07, 6.45) is 0. The fourth-order valence-corrected chi connectivity index (χ4v) is 2.68. The Balaban J connectivity index is 2.34. The maximum atomic E-state index is 12.7. The summed E-state index contributed by atoms with van der Waals surface area (Å²) in [7, 11) is 2.96. The van der Waals surface area contributed by atoms with Crippen LogP contribution >= 0.6 is 11.6 Å². The highest BCUT2D eigenvalue weighted by Crippen LogP contribution is 2.36. The molecular formula is C19H22ClNO5. The number of methoxy groups -OCH3 is 2. The largest absolute Gasteiger partial charge is 0.494 e. The minimum absolute atomic E-state index is 0.282. The fourth-order valence-electron chi connectivity index (χ4n) is 2.39. The number of rotatable bonds is 8. The molecule has 0 aliphatic rings. The minimum atomic E-state index is -0.359. The van der Waals surface area contributed by atoms with Crippen LogP contribution in [0.3, 0.4) is 0 Å². The molecule has 2 aromatic rings. The van der Waals surface area contributed by atoms with E-state index in [1.807, 2.05) is 13.8 Å². The van der Waals surface area contributed by atoms with Gasteiger partial charge < -0.3 is 24.3 Å². The quantitative estimate of drug-likeness (QED) is 0.736. The van der Waals surface area contributed by atoms with Crippen LogP contribution in [0.15, 0.2) is 30.3 Å². The summed E-state index contributed by atoms with van der Waals surface area (Å²) < 4.78 is 21.5. The summed E-state index contributed by atoms with van der Waals surface area (Å²) >= 11 is 6.18. The van der Waals surface area contributed by atoms with Gasteiger partial charge >= 0.3 is 0 Å². The molecule has 6 nitrogen and oxygen atoms in total. The number of hydrogen-bond acceptors (Lipinski definition) is 5. The van der Waals surface area contributed by atoms with E-state index >= 15 is 0 Å². The first kappa shape index (κ1) is 19.7. The number of nitrogens with one attached hydrogen (secondary N) is 1. The third kappa shape index (κ3) is 4.52. The van der Waals surface area contributed by atoms with Crippen LogP contribution in [0.5, 0.6) is 23.0 Å². The lowest BCUT2D eigenvalue weighted by Crippen LogP contribution is -2.13. The number of benzene rings is 2. The zero-order chi connectivity index (χ0) is 19.1. The van der Waals surface area contributed by atoms with Crippen molar-refractivity contribution < 1.29 is 23.7 Å². The highest BCUT2D eigenvalue weighted by atomic mass is 35.5. The predicted octanol–water partition coefficient (Wildman–Crippen LogP) is 4.41. The molecular weight excluding hydrogens is 358 g/mol. The average molecular weight is 380 g/mol. The maximum absolute atomic E-state index is 12.7. The van der Waals surface area contributed by atoms with Crippen molar-refractivity contribution >= 4 is 23.2 Å². The SMILES string of the molecule is CCOc1ccc(OCC)c(NC(=O)c2cc(Cl)c(OC)c(OC)c2)c1. The molecule has 0 atom stereocenters. The van der Waals surface area contributed by atoms with Gasteiger partial charge in [0.15, 0.2) is 11.5 Å². The molecule has 140 valence electrons. The molecule has 0 aromatic heterocycles. The molecule has 7 heteroatoms. The van der Waals surface area contributed by atoms with Gasteiger partial charge in [-0.3, -0.25) is 4.79 Å². The molecule has 2 aromatic carbocycles. The van der Waals surface area contributed by atoms with E-state index in [-0.39, 0.29) is 10.9 Å². The minimum Gasteiger partial charge on any atom is -0.494 e. The van der Waals surface area contributed by atoms with Crippen molar-refractivity contribution in [2.75, 3.05) is 32.8 Å². The maximum Gasteiger partial charge on any atom is 0.255 e. The summed E-state index contributed by atoms with van der Waals surface area (Å²) in [5.41, 5.74) is 0.839. The van der Waals surface area contributed by atoms with Crippen molar-refractivity contribution in [3.8, 4) is 23.0 Å². The first-order valence-corrected chi connectivity index (χ1v) is 8.54. The van der Waals surface area contributed by atoms with E-state index in [9.17, 15) is 4.79 Å². The van der Waals surface area contributed by atoms with E-state index in [0.717, 1.165) is 0 Å². The molecule has 0 radical (unpaired) electrons. The topological polar surface area (TPSA) is 66.0 Å². The van der Waals surface area contributed by atoms with E-state index in [0.29, 0.717) is 47.5 Å². The number of amides is 1. The van der Waals surface area contributed by atoms with Crippen molar-refractivity contribution in [1.82, 2.24) is 0 Å². The number of ether oxygens (including phenoxy) is 4. The van der Waals surface area contributed by atoms with Crippen LogP contribution in [-0.2, 0) is 0 Å². The Morgan fingerprint density at radius 3 is 2.35 bits per heavy atom. The van der Waals surface area contributed by atoms with Gasteiger partial charge in [-0.25, -0.2) is 0 Å². The molecule has 0 bridgehead atoms. The lowest BCUT2D eigenvalue weighted by molar-refractivity contribution is 0.102. The Morgan fingerprint density at radius 2 is 1.73 bits per heavy atom. The standard InChI is InChI=1S/C19H22ClNO5/c1-5-25-13-7-8-16(26-6-2)15(11-13)21-19(22)12-9-14(20)18(24-4)17(10-12)23-3/h7-11H,5-6H2,1-4H3,(H,21,22). The van der Waals surface area contributed by atoms with E-state index in [1.165, 1.54) is 20.3 Å². The number of carbonyl (C=O) groups excluding carboxylic acids is 1. The number of anilines is 1. The molecule has 0 saturated carbocycles. The number of carbonyl (C=O) groups is 1. The normalized spacial score (nSPS) is 10.2. The molecule has 0 unspecified atom stereocenters. The van der Waals surface area contributed by atoms with Crippen LogP contribution in [0.1, 0.15) is 24.2 Å². The van der Waals surface area contributed by atoms with Gasteiger partial charge in [0.2, 0.25) is 0 Å². The van der Waals surface area contributed by atoms with Gasteiger partial charge in [0, 0.05) is 11.6 Å². The van der Waals surface area contributed by atoms with E-state index in [4.69, 9.17) is 30.5 Å². The van der Waals surface area contributed by atoms with Crippen LogP contribution in [0.2, 0.25) is 5.02 Å². The van der Waals surface area contributed by atoms with Gasteiger partial charge in [-0.15, -0.1) is 0 Å². The van der Waals surface area contributed by atoms with Crippen molar-refractivity contribution in [2.45, 2.75) is 13.8 Å². The van der Waals surface area contributed by atoms with Crippen molar-refractivity contribution in [1.29, 1.82) is 0 Å². The highest BCUT2D eigenvalue weighted by Gasteiger charge is 2.17. The Labute approximate surface area is 158 Å². The van der Waals surface area contributed by atoms with Crippen molar-refractivity contribution in [3.05, 3.63) is 40.9 Å². The molecule has 1 N–H and O–H groups in total. The van der Waals surface area contributed by atoms with Crippen LogP contribution in [-0.4, -0.2) is 33.3 Å². The molecule has 0 heterocycles. The van der Waals surface area contributed by atoms with Gasteiger partial charge in [-0.1, -0.05) is 11.6 Å². The Bertz CT molecular complexity index is 779. The zero-order valence-corrected chi connectivity index (χ0v) is 16.0. The van der Waals surface area contributed by atoms with Gasteiger partial charge in [-0.05, 0) is 38.1 Å². The molecule has 0 aliphatic carbocycles. The van der Waals surface area contributed by atoms with Crippen LogP contribution in [0.4, 0.5) is 5.69 Å². The van der Waals surface area contributed by atoms with Gasteiger partial charge in [0.25, 0.3) is 5.91 Å². The Kier molecular flexibility index (Phi) is 6.97. The van der Waals surface area contributed by atoms with E-state index < -0.39 is 0 Å². The van der Waals surface area contributed by atoms with Gasteiger partial charge in [-0.2, -0.15) is 0 Å². The van der Waals surface area contributed by atoms with E-state index in [2.05, 4.69) is 5.32 Å². The van der Waals surface area contributed by atoms with Crippen LogP contribution in [0.25, 0.3) is 0 Å². The van der Waals surface area contributed by atoms with Gasteiger partial charge in [0.05, 0.1) is 38.1 Å². The monoisotopic (exact) mass is 379 g/mol. The average Bonchev–Trinajstić information content (AvgIpc) is 2.63. The van der Waals surface area contributed by atoms with Crippen molar-refractivity contribution in [2.24, 2.45) is 0 Å². The zero-order valence-electron chi connectivity index (χ0n) is 15.2. The molecule has 2 rings (SSSR count). The van der Waals surface area contributed by atoms with E-state index in [1.54, 1.807) is 24.3 Å². The molecule has 1 amide bonds. The first-order valence-electron chi connectivity index (χ1n) is 8.16. The molecule has 26 heavy (non-hydrogen) atoms. The summed E-state index contributed by atoms with van der Waals surface area (Å²) in [5, 5.41) is 3.11. The Hall–Kier alpha value is -2.60. The Morgan fingerprint density at radius 1 is 1.00 bits per heavy atom. The second kappa shape index (κ2) is 9.20. The smallest absolute Gasteiger partial charge is 0.255 e. The third-order valence-corrected chi connectivity index (χ3v) is 3.79. The summed E-state index contributed by atoms with van der Waals surface area (Å²) in [5.74, 6) is 1.58. The molecule has 0 saturated heterocycles. The van der Waals surface area contributed by atoms with Gasteiger partial charge in [0.1, 0.15) is 11.5 Å². The molecule has 0 aliphatic heterocycles. The first-order chi connectivity index (χ1) is 12.5. The lowest BCUT2D eigenvalue weighted by atomic mass is 10.1. The fraction of sp³-hybridized carbons (Fsp3) is 0.316. The third-order valence-electron chi connectivity index (χ3n) is 3.51.